The van der Waals surface area contributed by atoms with Gasteiger partial charge in [0.25, 0.3) is 11.6 Å². The summed E-state index contributed by atoms with van der Waals surface area (Å²) in [7, 11) is 0. The number of furan rings is 1. The van der Waals surface area contributed by atoms with Crippen LogP contribution >= 0.6 is 0 Å². The lowest BCUT2D eigenvalue weighted by Crippen LogP contribution is -2.15. The van der Waals surface area contributed by atoms with Crippen LogP contribution in [0.5, 0.6) is 0 Å². The molecular formula is C15H12N4O4. The number of aryl methyl sites for hydroxylation is 1. The summed E-state index contributed by atoms with van der Waals surface area (Å²) < 4.78 is 6.59. The van der Waals surface area contributed by atoms with Gasteiger partial charge in [0.15, 0.2) is 0 Å². The summed E-state index contributed by atoms with van der Waals surface area (Å²) in [5, 5.41) is 17.6. The van der Waals surface area contributed by atoms with E-state index in [1.807, 2.05) is 0 Å². The van der Waals surface area contributed by atoms with E-state index in [2.05, 4.69) is 10.4 Å². The van der Waals surface area contributed by atoms with Gasteiger partial charge in [0.05, 0.1) is 28.6 Å². The van der Waals surface area contributed by atoms with E-state index in [9.17, 15) is 14.9 Å². The first-order valence-electron chi connectivity index (χ1n) is 6.70. The highest BCUT2D eigenvalue weighted by atomic mass is 16.6. The van der Waals surface area contributed by atoms with Gasteiger partial charge in [-0.25, -0.2) is 4.68 Å². The van der Waals surface area contributed by atoms with Crippen molar-refractivity contribution in [2.75, 3.05) is 5.32 Å². The molecule has 1 amide bonds. The summed E-state index contributed by atoms with van der Waals surface area (Å²) in [5.41, 5.74) is 1.02. The number of anilines is 1. The Kier molecular flexibility index (Phi) is 3.63. The summed E-state index contributed by atoms with van der Waals surface area (Å²) in [4.78, 5) is 22.4. The molecule has 3 aromatic rings. The maximum Gasteiger partial charge on any atom is 0.269 e. The van der Waals surface area contributed by atoms with Gasteiger partial charge in [-0.15, -0.1) is 0 Å². The Morgan fingerprint density at radius 2 is 2.00 bits per heavy atom. The van der Waals surface area contributed by atoms with E-state index >= 15 is 0 Å². The molecule has 2 aromatic heterocycles. The highest BCUT2D eigenvalue weighted by Crippen LogP contribution is 2.19. The van der Waals surface area contributed by atoms with Crippen molar-refractivity contribution < 1.29 is 14.1 Å². The second kappa shape index (κ2) is 5.76. The van der Waals surface area contributed by atoms with Crippen molar-refractivity contribution in [2.24, 2.45) is 0 Å². The van der Waals surface area contributed by atoms with Gasteiger partial charge < -0.3 is 9.73 Å². The number of nitro benzene ring substituents is 1. The minimum Gasteiger partial charge on any atom is -0.469 e. The third-order valence-electron chi connectivity index (χ3n) is 3.29. The summed E-state index contributed by atoms with van der Waals surface area (Å²) in [6, 6.07) is 9.09. The number of amides is 1. The molecule has 0 aliphatic carbocycles. The van der Waals surface area contributed by atoms with Gasteiger partial charge in [0.1, 0.15) is 11.6 Å². The third-order valence-corrected chi connectivity index (χ3v) is 3.29. The monoisotopic (exact) mass is 312 g/mol. The fourth-order valence-electron chi connectivity index (χ4n) is 2.12. The Labute approximate surface area is 130 Å². The minimum absolute atomic E-state index is 0.0134. The van der Waals surface area contributed by atoms with E-state index < -0.39 is 4.92 Å². The molecule has 8 nitrogen and oxygen atoms in total. The lowest BCUT2D eigenvalue weighted by molar-refractivity contribution is -0.384. The van der Waals surface area contributed by atoms with Crippen LogP contribution in [-0.2, 0) is 0 Å². The molecule has 0 aliphatic rings. The van der Waals surface area contributed by atoms with Crippen LogP contribution in [0.4, 0.5) is 11.5 Å². The lowest BCUT2D eigenvalue weighted by Gasteiger charge is -2.08. The number of nitrogens with zero attached hydrogens (tertiary/aromatic N) is 3. The van der Waals surface area contributed by atoms with Gasteiger partial charge in [-0.3, -0.25) is 14.9 Å². The number of benzene rings is 1. The molecule has 0 radical (unpaired) electrons. The molecule has 0 unspecified atom stereocenters. The summed E-state index contributed by atoms with van der Waals surface area (Å²) in [6.45, 7) is 1.70. The number of rotatable bonds is 4. The minimum atomic E-state index is -0.475. The van der Waals surface area contributed by atoms with Crippen LogP contribution in [0.1, 0.15) is 16.1 Å². The van der Waals surface area contributed by atoms with Crippen molar-refractivity contribution in [3.63, 3.8) is 0 Å². The maximum atomic E-state index is 12.2. The van der Waals surface area contributed by atoms with Crippen molar-refractivity contribution in [1.29, 1.82) is 0 Å². The van der Waals surface area contributed by atoms with Crippen LogP contribution in [0.25, 0.3) is 5.69 Å². The van der Waals surface area contributed by atoms with E-state index in [-0.39, 0.29) is 11.6 Å². The summed E-state index contributed by atoms with van der Waals surface area (Å²) in [5.74, 6) is 0.647. The van der Waals surface area contributed by atoms with Crippen molar-refractivity contribution in [2.45, 2.75) is 6.92 Å². The van der Waals surface area contributed by atoms with Crippen molar-refractivity contribution in [3.8, 4) is 5.69 Å². The Morgan fingerprint density at radius 1 is 1.26 bits per heavy atom. The van der Waals surface area contributed by atoms with E-state index in [0.29, 0.717) is 22.8 Å². The number of carbonyl (C=O) groups excluding carboxylic acids is 1. The quantitative estimate of drug-likeness (QED) is 0.589. The smallest absolute Gasteiger partial charge is 0.269 e. The normalized spacial score (nSPS) is 10.5. The highest BCUT2D eigenvalue weighted by molar-refractivity contribution is 6.04. The topological polar surface area (TPSA) is 103 Å². The highest BCUT2D eigenvalue weighted by Gasteiger charge is 2.15. The van der Waals surface area contributed by atoms with Crippen LogP contribution in [-0.4, -0.2) is 20.6 Å². The molecule has 1 N–H and O–H groups in total. The number of hydrogen-bond donors (Lipinski definition) is 1. The first kappa shape index (κ1) is 14.5. The van der Waals surface area contributed by atoms with Gasteiger partial charge in [0.2, 0.25) is 0 Å². The SMILES string of the molecule is Cc1occc1C(=O)Nc1ccnn1-c1ccc([N+](=O)[O-])cc1. The molecule has 0 spiro atoms. The predicted molar refractivity (Wildman–Crippen MR) is 81.6 cm³/mol. The molecule has 0 fully saturated rings. The number of nitro groups is 1. The standard InChI is InChI=1S/C15H12N4O4/c1-10-13(7-9-23-10)15(20)17-14-6-8-16-18(14)11-2-4-12(5-3-11)19(21)22/h2-9H,1H3,(H,17,20). The average molecular weight is 312 g/mol. The molecule has 116 valence electrons. The van der Waals surface area contributed by atoms with Crippen molar-refractivity contribution in [1.82, 2.24) is 9.78 Å². The van der Waals surface area contributed by atoms with Gasteiger partial charge in [0, 0.05) is 18.2 Å². The maximum absolute atomic E-state index is 12.2. The molecule has 8 heteroatoms. The molecule has 23 heavy (non-hydrogen) atoms. The third kappa shape index (κ3) is 2.82. The fraction of sp³-hybridized carbons (Fsp3) is 0.0667. The molecule has 0 saturated carbocycles. The predicted octanol–water partition coefficient (Wildman–Crippen LogP) is 2.93. The number of hydrogen-bond acceptors (Lipinski definition) is 5. The van der Waals surface area contributed by atoms with Crippen molar-refractivity contribution >= 4 is 17.4 Å². The zero-order valence-corrected chi connectivity index (χ0v) is 12.1. The number of aromatic nitrogens is 2. The molecule has 2 heterocycles. The zero-order chi connectivity index (χ0) is 16.4. The fourth-order valence-corrected chi connectivity index (χ4v) is 2.12. The van der Waals surface area contributed by atoms with E-state index in [0.717, 1.165) is 0 Å². The lowest BCUT2D eigenvalue weighted by atomic mass is 10.2. The number of nitrogens with one attached hydrogen (secondary N) is 1. The average Bonchev–Trinajstić information content (AvgIpc) is 3.16. The second-order valence-corrected chi connectivity index (χ2v) is 4.75. The molecule has 0 saturated heterocycles. The first-order chi connectivity index (χ1) is 11.1. The Hall–Kier alpha value is -3.42. The van der Waals surface area contributed by atoms with Gasteiger partial charge in [-0.2, -0.15) is 5.10 Å². The zero-order valence-electron chi connectivity index (χ0n) is 12.1. The van der Waals surface area contributed by atoms with Crippen LogP contribution in [0.15, 0.2) is 53.3 Å². The van der Waals surface area contributed by atoms with Gasteiger partial charge in [-0.1, -0.05) is 0 Å². The van der Waals surface area contributed by atoms with Crippen LogP contribution in [0.3, 0.4) is 0 Å². The second-order valence-electron chi connectivity index (χ2n) is 4.75. The van der Waals surface area contributed by atoms with E-state index in [1.54, 1.807) is 31.2 Å². The van der Waals surface area contributed by atoms with E-state index in [4.69, 9.17) is 4.42 Å². The number of non-ortho nitro benzene ring substituents is 1. The molecular weight excluding hydrogens is 300 g/mol. The molecule has 0 aliphatic heterocycles. The Morgan fingerprint density at radius 3 is 2.61 bits per heavy atom. The largest absolute Gasteiger partial charge is 0.469 e. The van der Waals surface area contributed by atoms with Gasteiger partial charge in [-0.05, 0) is 25.1 Å². The van der Waals surface area contributed by atoms with Crippen molar-refractivity contribution in [3.05, 3.63) is 70.3 Å². The Bertz CT molecular complexity index is 864. The summed E-state index contributed by atoms with van der Waals surface area (Å²) >= 11 is 0. The number of carbonyl (C=O) groups is 1. The first-order valence-corrected chi connectivity index (χ1v) is 6.70. The molecule has 0 bridgehead atoms. The Balaban J connectivity index is 1.86. The van der Waals surface area contributed by atoms with Crippen LogP contribution in [0, 0.1) is 17.0 Å². The molecule has 0 atom stereocenters. The molecule has 3 rings (SSSR count). The van der Waals surface area contributed by atoms with Crippen LogP contribution < -0.4 is 5.32 Å². The van der Waals surface area contributed by atoms with Crippen LogP contribution in [0.2, 0.25) is 0 Å². The van der Waals surface area contributed by atoms with Gasteiger partial charge >= 0.3 is 0 Å². The van der Waals surface area contributed by atoms with E-state index in [1.165, 1.54) is 29.3 Å². The molecule has 1 aromatic carbocycles. The summed E-state index contributed by atoms with van der Waals surface area (Å²) in [6.07, 6.45) is 2.97.